The predicted molar refractivity (Wildman–Crippen MR) is 26.7 cm³/mol. The third kappa shape index (κ3) is 0.902. The molecule has 0 saturated heterocycles. The SMILES string of the molecule is Oc1c[te]cc1O. The summed E-state index contributed by atoms with van der Waals surface area (Å²) >= 11 is -0.310. The molecule has 0 amide bonds. The molecule has 0 aliphatic heterocycles. The average molecular weight is 212 g/mol. The molecule has 0 radical (unpaired) electrons. The molecular formula is C4H4O2Te. The van der Waals surface area contributed by atoms with E-state index >= 15 is 0 Å². The van der Waals surface area contributed by atoms with Crippen LogP contribution in [0.3, 0.4) is 0 Å². The molecule has 0 atom stereocenters. The van der Waals surface area contributed by atoms with Crippen LogP contribution in [0.25, 0.3) is 0 Å². The molecule has 0 bridgehead atoms. The summed E-state index contributed by atoms with van der Waals surface area (Å²) in [5.41, 5.74) is 0. The molecule has 38 valence electrons. The van der Waals surface area contributed by atoms with Crippen LogP contribution in [0, 0.1) is 0 Å². The van der Waals surface area contributed by atoms with Gasteiger partial charge >= 0.3 is 50.3 Å². The van der Waals surface area contributed by atoms with Crippen molar-refractivity contribution in [3.8, 4) is 11.5 Å². The molecule has 0 aliphatic rings. The van der Waals surface area contributed by atoms with E-state index < -0.39 is 0 Å². The van der Waals surface area contributed by atoms with Crippen LogP contribution >= 0.6 is 0 Å². The first-order valence-corrected chi connectivity index (χ1v) is 4.44. The van der Waals surface area contributed by atoms with Gasteiger partial charge in [-0.1, -0.05) is 0 Å². The van der Waals surface area contributed by atoms with E-state index in [1.165, 1.54) is 0 Å². The number of aromatic hydroxyl groups is 2. The zero-order chi connectivity index (χ0) is 5.28. The van der Waals surface area contributed by atoms with Crippen LogP contribution in [-0.2, 0) is 0 Å². The van der Waals surface area contributed by atoms with Crippen LogP contribution < -0.4 is 0 Å². The quantitative estimate of drug-likeness (QED) is 0.600. The monoisotopic (exact) mass is 214 g/mol. The molecule has 3 heteroatoms. The van der Waals surface area contributed by atoms with Gasteiger partial charge in [-0.25, -0.2) is 0 Å². The molecule has 0 spiro atoms. The first-order chi connectivity index (χ1) is 3.30. The van der Waals surface area contributed by atoms with Crippen molar-refractivity contribution in [1.29, 1.82) is 0 Å². The minimum absolute atomic E-state index is 0.0578. The molecule has 2 N–H and O–H groups in total. The summed E-state index contributed by atoms with van der Waals surface area (Å²) in [5, 5.41) is 17.1. The van der Waals surface area contributed by atoms with Crippen LogP contribution in [0.2, 0.25) is 0 Å². The van der Waals surface area contributed by atoms with Gasteiger partial charge in [0.15, 0.2) is 0 Å². The summed E-state index contributed by atoms with van der Waals surface area (Å²) in [6.45, 7) is 0. The van der Waals surface area contributed by atoms with Crippen LogP contribution in [0.4, 0.5) is 0 Å². The summed E-state index contributed by atoms with van der Waals surface area (Å²) in [5.74, 6) is 0.116. The molecule has 1 heterocycles. The Morgan fingerprint density at radius 2 is 1.57 bits per heavy atom. The van der Waals surface area contributed by atoms with Gasteiger partial charge in [-0.05, 0) is 0 Å². The first kappa shape index (κ1) is 5.02. The summed E-state index contributed by atoms with van der Waals surface area (Å²) in [6, 6.07) is 0. The van der Waals surface area contributed by atoms with Crippen molar-refractivity contribution in [3.63, 3.8) is 0 Å². The van der Waals surface area contributed by atoms with Gasteiger partial charge in [0.25, 0.3) is 0 Å². The fraction of sp³-hybridized carbons (Fsp3) is 0. The Labute approximate surface area is 50.6 Å². The number of hydrogen-bond donors (Lipinski definition) is 2. The molecule has 1 rings (SSSR count). The van der Waals surface area contributed by atoms with Crippen molar-refractivity contribution in [2.24, 2.45) is 0 Å². The Morgan fingerprint density at radius 1 is 1.14 bits per heavy atom. The second kappa shape index (κ2) is 1.77. The van der Waals surface area contributed by atoms with Crippen LogP contribution in [-0.4, -0.2) is 30.6 Å². The molecule has 2 nitrogen and oxygen atoms in total. The van der Waals surface area contributed by atoms with Gasteiger partial charge < -0.3 is 0 Å². The predicted octanol–water partition coefficient (Wildman–Crippen LogP) is 0.155. The molecular weight excluding hydrogens is 208 g/mol. The maximum atomic E-state index is 8.57. The zero-order valence-corrected chi connectivity index (χ0v) is 5.79. The standard InChI is InChI=1S/C4H4O2Te/c5-3-1-7-2-4(3)6/h1-2,5-6H. The third-order valence-electron chi connectivity index (χ3n) is 0.622. The van der Waals surface area contributed by atoms with Crippen LogP contribution in [0.15, 0.2) is 8.16 Å². The van der Waals surface area contributed by atoms with E-state index in [0.29, 0.717) is 0 Å². The topological polar surface area (TPSA) is 40.5 Å². The molecule has 1 aromatic rings. The molecule has 0 fully saturated rings. The van der Waals surface area contributed by atoms with E-state index in [0.717, 1.165) is 0 Å². The van der Waals surface area contributed by atoms with Crippen molar-refractivity contribution in [1.82, 2.24) is 0 Å². The van der Waals surface area contributed by atoms with E-state index in [1.54, 1.807) is 8.16 Å². The summed E-state index contributed by atoms with van der Waals surface area (Å²) < 4.78 is 3.36. The van der Waals surface area contributed by atoms with Crippen LogP contribution in [0.1, 0.15) is 0 Å². The number of hydrogen-bond acceptors (Lipinski definition) is 2. The van der Waals surface area contributed by atoms with E-state index in [4.69, 9.17) is 10.2 Å². The third-order valence-corrected chi connectivity index (χ3v) is 2.67. The Balaban J connectivity index is 3.12. The van der Waals surface area contributed by atoms with E-state index in [1.807, 2.05) is 0 Å². The zero-order valence-electron chi connectivity index (χ0n) is 3.46. The Bertz CT molecular complexity index is 142. The molecule has 0 aliphatic carbocycles. The van der Waals surface area contributed by atoms with Crippen molar-refractivity contribution in [3.05, 3.63) is 8.16 Å². The van der Waals surface area contributed by atoms with Crippen molar-refractivity contribution < 1.29 is 10.2 Å². The maximum absolute atomic E-state index is 8.57. The Hall–Kier alpha value is -0.130. The van der Waals surface area contributed by atoms with Gasteiger partial charge in [0.05, 0.1) is 0 Å². The van der Waals surface area contributed by atoms with Gasteiger partial charge in [-0.2, -0.15) is 0 Å². The van der Waals surface area contributed by atoms with Crippen molar-refractivity contribution >= 4 is 20.4 Å². The van der Waals surface area contributed by atoms with E-state index in [-0.39, 0.29) is 31.9 Å². The Kier molecular flexibility index (Phi) is 1.27. The van der Waals surface area contributed by atoms with Crippen LogP contribution in [0.5, 0.6) is 11.5 Å². The average Bonchev–Trinajstić information content (AvgIpc) is 1.91. The van der Waals surface area contributed by atoms with Crippen molar-refractivity contribution in [2.45, 2.75) is 0 Å². The van der Waals surface area contributed by atoms with Gasteiger partial charge in [0.1, 0.15) is 0 Å². The molecule has 7 heavy (non-hydrogen) atoms. The fourth-order valence-electron chi connectivity index (χ4n) is 0.284. The molecule has 1 aromatic heterocycles. The molecule has 0 saturated carbocycles. The summed E-state index contributed by atoms with van der Waals surface area (Å²) in [6.07, 6.45) is 0. The second-order valence-electron chi connectivity index (χ2n) is 1.14. The second-order valence-corrected chi connectivity index (χ2v) is 3.26. The van der Waals surface area contributed by atoms with Crippen molar-refractivity contribution in [2.75, 3.05) is 0 Å². The number of rotatable bonds is 0. The van der Waals surface area contributed by atoms with E-state index in [9.17, 15) is 0 Å². The Morgan fingerprint density at radius 3 is 1.71 bits per heavy atom. The summed E-state index contributed by atoms with van der Waals surface area (Å²) in [4.78, 5) is 0. The fourth-order valence-corrected chi connectivity index (χ4v) is 1.90. The summed E-state index contributed by atoms with van der Waals surface area (Å²) in [7, 11) is 0. The molecule has 0 unspecified atom stereocenters. The first-order valence-electron chi connectivity index (χ1n) is 1.75. The van der Waals surface area contributed by atoms with Gasteiger partial charge in [0, 0.05) is 0 Å². The minimum atomic E-state index is -0.310. The van der Waals surface area contributed by atoms with Gasteiger partial charge in [0.2, 0.25) is 0 Å². The van der Waals surface area contributed by atoms with Gasteiger partial charge in [-0.15, -0.1) is 0 Å². The molecule has 0 aromatic carbocycles. The van der Waals surface area contributed by atoms with E-state index in [2.05, 4.69) is 0 Å². The normalized spacial score (nSPS) is 9.14. The van der Waals surface area contributed by atoms with Gasteiger partial charge in [-0.3, -0.25) is 0 Å².